The molecule has 0 aliphatic rings. The normalized spacial score (nSPS) is 11.2. The van der Waals surface area contributed by atoms with Gasteiger partial charge in [-0.05, 0) is 38.1 Å². The van der Waals surface area contributed by atoms with Crippen molar-refractivity contribution in [3.05, 3.63) is 87.6 Å². The van der Waals surface area contributed by atoms with Gasteiger partial charge in [0.25, 0.3) is 5.91 Å². The molecule has 1 aromatic heterocycles. The van der Waals surface area contributed by atoms with Crippen molar-refractivity contribution in [1.82, 2.24) is 14.7 Å². The van der Waals surface area contributed by atoms with E-state index in [2.05, 4.69) is 10.4 Å². The molecule has 178 valence electrons. The molecule has 0 aliphatic heterocycles. The smallest absolute Gasteiger partial charge is 0.328 e. The van der Waals surface area contributed by atoms with Crippen LogP contribution in [0.25, 0.3) is 5.69 Å². The number of halogens is 4. The summed E-state index contributed by atoms with van der Waals surface area (Å²) >= 11 is 0. The zero-order valence-electron chi connectivity index (χ0n) is 18.2. The predicted molar refractivity (Wildman–Crippen MR) is 116 cm³/mol. The molecule has 0 aliphatic carbocycles. The Hall–Kier alpha value is -4.02. The van der Waals surface area contributed by atoms with Gasteiger partial charge in [0, 0.05) is 18.3 Å². The Morgan fingerprint density at radius 1 is 1.09 bits per heavy atom. The molecule has 1 N–H and O–H groups in total. The number of alkyl halides is 3. The van der Waals surface area contributed by atoms with E-state index < -0.39 is 52.7 Å². The quantitative estimate of drug-likeness (QED) is 0.549. The molecule has 34 heavy (non-hydrogen) atoms. The van der Waals surface area contributed by atoms with Gasteiger partial charge in [0.05, 0.1) is 11.3 Å². The Balaban J connectivity index is 1.87. The average Bonchev–Trinajstić information content (AvgIpc) is 2.77. The number of para-hydroxylation sites is 2. The third-order valence-electron chi connectivity index (χ3n) is 4.90. The van der Waals surface area contributed by atoms with Crippen molar-refractivity contribution in [1.29, 1.82) is 0 Å². The number of likely N-dealkylation sites (N-methyl/N-ethyl adjacent to an activating group) is 1. The number of anilines is 1. The molecule has 0 saturated heterocycles. The molecule has 11 heteroatoms. The van der Waals surface area contributed by atoms with Gasteiger partial charge >= 0.3 is 6.18 Å². The molecule has 1 heterocycles. The van der Waals surface area contributed by atoms with Crippen molar-refractivity contribution in [3.63, 3.8) is 0 Å². The number of amides is 2. The van der Waals surface area contributed by atoms with Gasteiger partial charge in [-0.25, -0.2) is 9.07 Å². The molecule has 0 unspecified atom stereocenters. The molecule has 2 aromatic carbocycles. The minimum atomic E-state index is -4.69. The van der Waals surface area contributed by atoms with Gasteiger partial charge < -0.3 is 10.2 Å². The fourth-order valence-electron chi connectivity index (χ4n) is 3.24. The molecule has 0 radical (unpaired) electrons. The summed E-state index contributed by atoms with van der Waals surface area (Å²) in [6.45, 7) is 2.37. The monoisotopic (exact) mass is 476 g/mol. The number of aryl methyl sites for hydroxylation is 1. The van der Waals surface area contributed by atoms with Gasteiger partial charge in [0.1, 0.15) is 18.0 Å². The second-order valence-corrected chi connectivity index (χ2v) is 7.27. The Labute approximate surface area is 191 Å². The van der Waals surface area contributed by atoms with Gasteiger partial charge in [0.15, 0.2) is 5.69 Å². The highest BCUT2D eigenvalue weighted by Crippen LogP contribution is 2.34. The van der Waals surface area contributed by atoms with Gasteiger partial charge in [-0.1, -0.05) is 24.3 Å². The summed E-state index contributed by atoms with van der Waals surface area (Å²) in [6.07, 6.45) is -4.69. The Bertz CT molecular complexity index is 1290. The highest BCUT2D eigenvalue weighted by Gasteiger charge is 2.33. The lowest BCUT2D eigenvalue weighted by Gasteiger charge is -2.21. The van der Waals surface area contributed by atoms with Gasteiger partial charge in [-0.3, -0.25) is 14.4 Å². The van der Waals surface area contributed by atoms with E-state index in [1.807, 2.05) is 0 Å². The van der Waals surface area contributed by atoms with E-state index in [0.717, 1.165) is 27.8 Å². The fourth-order valence-corrected chi connectivity index (χ4v) is 3.24. The molecule has 0 saturated carbocycles. The van der Waals surface area contributed by atoms with Crippen LogP contribution in [-0.2, 0) is 11.0 Å². The number of hydrogen-bond donors (Lipinski definition) is 1. The van der Waals surface area contributed by atoms with Crippen molar-refractivity contribution in [2.24, 2.45) is 0 Å². The summed E-state index contributed by atoms with van der Waals surface area (Å²) in [7, 11) is 0. The van der Waals surface area contributed by atoms with E-state index >= 15 is 0 Å². The maximum absolute atomic E-state index is 14.2. The number of carbonyl (C=O) groups excluding carboxylic acids is 2. The van der Waals surface area contributed by atoms with Crippen molar-refractivity contribution < 1.29 is 27.2 Å². The molecule has 0 spiro atoms. The number of nitrogens with zero attached hydrogens (tertiary/aromatic N) is 3. The minimum absolute atomic E-state index is 0.0126. The van der Waals surface area contributed by atoms with Crippen LogP contribution >= 0.6 is 0 Å². The van der Waals surface area contributed by atoms with Crippen LogP contribution in [0.2, 0.25) is 0 Å². The summed E-state index contributed by atoms with van der Waals surface area (Å²) < 4.78 is 54.9. The Kier molecular flexibility index (Phi) is 7.14. The van der Waals surface area contributed by atoms with E-state index in [4.69, 9.17) is 0 Å². The number of hydrogen-bond acceptors (Lipinski definition) is 4. The highest BCUT2D eigenvalue weighted by atomic mass is 19.4. The van der Waals surface area contributed by atoms with E-state index in [9.17, 15) is 31.9 Å². The molecule has 0 atom stereocenters. The van der Waals surface area contributed by atoms with Crippen molar-refractivity contribution in [3.8, 4) is 5.69 Å². The second kappa shape index (κ2) is 9.86. The predicted octanol–water partition coefficient (Wildman–Crippen LogP) is 3.80. The van der Waals surface area contributed by atoms with Crippen LogP contribution in [0.3, 0.4) is 0 Å². The first-order valence-corrected chi connectivity index (χ1v) is 10.1. The fraction of sp³-hybridized carbons (Fsp3) is 0.217. The van der Waals surface area contributed by atoms with Crippen molar-refractivity contribution in [2.75, 3.05) is 18.4 Å². The second-order valence-electron chi connectivity index (χ2n) is 7.27. The van der Waals surface area contributed by atoms with Gasteiger partial charge in [-0.2, -0.15) is 18.3 Å². The van der Waals surface area contributed by atoms with Crippen LogP contribution in [0.15, 0.2) is 59.4 Å². The van der Waals surface area contributed by atoms with Gasteiger partial charge in [-0.15, -0.1) is 0 Å². The van der Waals surface area contributed by atoms with Crippen molar-refractivity contribution in [2.45, 2.75) is 20.0 Å². The summed E-state index contributed by atoms with van der Waals surface area (Å²) in [4.78, 5) is 38.8. The van der Waals surface area contributed by atoms with Crippen LogP contribution in [0.4, 0.5) is 23.2 Å². The standard InChI is InChI=1S/C23H20F4N4O3/c1-3-30(13-20(33)28-17-10-6-4-8-15(17)23(25,26)27)22(34)21-19(32)12-14(2)31(29-21)18-11-7-5-9-16(18)24/h4-12H,3,13H2,1-2H3,(H,28,33). The third-order valence-corrected chi connectivity index (χ3v) is 4.90. The number of benzene rings is 2. The van der Waals surface area contributed by atoms with Crippen LogP contribution in [0, 0.1) is 12.7 Å². The molecule has 3 rings (SSSR count). The average molecular weight is 476 g/mol. The number of nitrogens with one attached hydrogen (secondary N) is 1. The first-order valence-electron chi connectivity index (χ1n) is 10.1. The summed E-state index contributed by atoms with van der Waals surface area (Å²) in [5.41, 5.74) is -2.50. The van der Waals surface area contributed by atoms with Crippen LogP contribution in [0.5, 0.6) is 0 Å². The Morgan fingerprint density at radius 3 is 2.38 bits per heavy atom. The molecule has 0 bridgehead atoms. The lowest BCUT2D eigenvalue weighted by Crippen LogP contribution is -2.41. The molecule has 3 aromatic rings. The summed E-state index contributed by atoms with van der Waals surface area (Å²) in [6, 6.07) is 11.2. The third kappa shape index (κ3) is 5.30. The van der Waals surface area contributed by atoms with E-state index in [0.29, 0.717) is 0 Å². The molecule has 7 nitrogen and oxygen atoms in total. The maximum Gasteiger partial charge on any atom is 0.418 e. The maximum atomic E-state index is 14.2. The highest BCUT2D eigenvalue weighted by molar-refractivity contribution is 5.98. The zero-order chi connectivity index (χ0) is 25.0. The van der Waals surface area contributed by atoms with E-state index in [1.165, 1.54) is 44.2 Å². The molecule has 0 fully saturated rings. The van der Waals surface area contributed by atoms with Crippen LogP contribution in [-0.4, -0.2) is 39.6 Å². The molecular weight excluding hydrogens is 456 g/mol. The molecule has 2 amide bonds. The summed E-state index contributed by atoms with van der Waals surface area (Å²) in [5, 5.41) is 6.15. The minimum Gasteiger partial charge on any atom is -0.328 e. The first kappa shape index (κ1) is 24.6. The van der Waals surface area contributed by atoms with Gasteiger partial charge in [0.2, 0.25) is 11.3 Å². The summed E-state index contributed by atoms with van der Waals surface area (Å²) in [5.74, 6) is -2.44. The van der Waals surface area contributed by atoms with E-state index in [1.54, 1.807) is 6.07 Å². The largest absolute Gasteiger partial charge is 0.418 e. The van der Waals surface area contributed by atoms with Crippen molar-refractivity contribution >= 4 is 17.5 Å². The topological polar surface area (TPSA) is 84.3 Å². The number of aromatic nitrogens is 2. The van der Waals surface area contributed by atoms with Crippen LogP contribution in [0.1, 0.15) is 28.7 Å². The lowest BCUT2D eigenvalue weighted by atomic mass is 10.1. The van der Waals surface area contributed by atoms with Crippen LogP contribution < -0.4 is 10.7 Å². The number of carbonyl (C=O) groups is 2. The molecular formula is C23H20F4N4O3. The zero-order valence-corrected chi connectivity index (χ0v) is 18.2. The SMILES string of the molecule is CCN(CC(=O)Nc1ccccc1C(F)(F)F)C(=O)c1nn(-c2ccccc2F)c(C)cc1=O. The first-order chi connectivity index (χ1) is 16.0. The lowest BCUT2D eigenvalue weighted by molar-refractivity contribution is -0.137. The number of rotatable bonds is 6. The Morgan fingerprint density at radius 2 is 1.74 bits per heavy atom. The van der Waals surface area contributed by atoms with E-state index in [-0.39, 0.29) is 17.9 Å².